The quantitative estimate of drug-likeness (QED) is 0.731. The van der Waals surface area contributed by atoms with Crippen molar-refractivity contribution in [3.05, 3.63) is 58.4 Å². The third-order valence-corrected chi connectivity index (χ3v) is 4.27. The van der Waals surface area contributed by atoms with E-state index in [1.54, 1.807) is 20.3 Å². The summed E-state index contributed by atoms with van der Waals surface area (Å²) < 4.78 is 24.9. The molecule has 0 radical (unpaired) electrons. The molecule has 4 heteroatoms. The van der Waals surface area contributed by atoms with Gasteiger partial charge < -0.3 is 9.47 Å². The van der Waals surface area contributed by atoms with E-state index in [0.29, 0.717) is 18.8 Å². The van der Waals surface area contributed by atoms with Gasteiger partial charge in [-0.1, -0.05) is 12.1 Å². The van der Waals surface area contributed by atoms with Crippen LogP contribution >= 0.6 is 9.24 Å². The van der Waals surface area contributed by atoms with Crippen LogP contribution in [-0.4, -0.2) is 14.2 Å². The van der Waals surface area contributed by atoms with Gasteiger partial charge in [0.1, 0.15) is 5.82 Å². The molecule has 0 aliphatic carbocycles. The van der Waals surface area contributed by atoms with E-state index in [4.69, 9.17) is 9.47 Å². The Bertz CT molecular complexity index is 629. The summed E-state index contributed by atoms with van der Waals surface area (Å²) >= 11 is 0. The highest BCUT2D eigenvalue weighted by Gasteiger charge is 2.12. The summed E-state index contributed by atoms with van der Waals surface area (Å²) in [6, 6.07) is 9.38. The lowest BCUT2D eigenvalue weighted by atomic mass is 9.95. The standard InChI is InChI=1S/C18H22FO2P/c1-12-15(9-20-2)7-14(8-16(12)10-21-3)17-5-4-13(11-22)6-18(17)19/h4-8H,9-11,22H2,1-3H3. The number of methoxy groups -OCH3 is 2. The van der Waals surface area contributed by atoms with Crippen LogP contribution in [0.4, 0.5) is 4.39 Å². The second kappa shape index (κ2) is 7.82. The molecule has 1 atom stereocenters. The van der Waals surface area contributed by atoms with Crippen LogP contribution in [0.5, 0.6) is 0 Å². The normalized spacial score (nSPS) is 11.0. The molecule has 0 aliphatic rings. The van der Waals surface area contributed by atoms with Gasteiger partial charge in [0, 0.05) is 19.8 Å². The number of rotatable bonds is 6. The first-order chi connectivity index (χ1) is 10.6. The van der Waals surface area contributed by atoms with Gasteiger partial charge >= 0.3 is 0 Å². The Morgan fingerprint density at radius 2 is 1.59 bits per heavy atom. The maximum absolute atomic E-state index is 14.4. The molecule has 2 rings (SSSR count). The molecule has 0 aromatic heterocycles. The van der Waals surface area contributed by atoms with Crippen molar-refractivity contribution >= 4 is 9.24 Å². The molecule has 0 N–H and O–H groups in total. The van der Waals surface area contributed by atoms with Gasteiger partial charge in [0.05, 0.1) is 13.2 Å². The lowest BCUT2D eigenvalue weighted by Gasteiger charge is -2.15. The molecule has 0 saturated carbocycles. The Morgan fingerprint density at radius 3 is 2.05 bits per heavy atom. The molecule has 22 heavy (non-hydrogen) atoms. The highest BCUT2D eigenvalue weighted by molar-refractivity contribution is 7.15. The summed E-state index contributed by atoms with van der Waals surface area (Å²) in [5, 5.41) is 0. The fourth-order valence-electron chi connectivity index (χ4n) is 2.53. The molecular weight excluding hydrogens is 298 g/mol. The van der Waals surface area contributed by atoms with Gasteiger partial charge in [0.15, 0.2) is 0 Å². The van der Waals surface area contributed by atoms with Crippen molar-refractivity contribution in [3.8, 4) is 11.1 Å². The van der Waals surface area contributed by atoms with Crippen LogP contribution in [0.25, 0.3) is 11.1 Å². The van der Waals surface area contributed by atoms with E-state index < -0.39 is 0 Å². The summed E-state index contributed by atoms with van der Waals surface area (Å²) in [4.78, 5) is 0. The second-order valence-electron chi connectivity index (χ2n) is 5.30. The Morgan fingerprint density at radius 1 is 1.00 bits per heavy atom. The Kier molecular flexibility index (Phi) is 6.07. The SMILES string of the molecule is COCc1cc(-c2ccc(CP)cc2F)cc(COC)c1C. The number of hydrogen-bond acceptors (Lipinski definition) is 2. The lowest BCUT2D eigenvalue weighted by molar-refractivity contribution is 0.179. The topological polar surface area (TPSA) is 18.5 Å². The molecule has 0 saturated heterocycles. The molecule has 2 aromatic rings. The number of hydrogen-bond donors (Lipinski definition) is 0. The zero-order valence-electron chi connectivity index (χ0n) is 13.3. The number of halogens is 1. The van der Waals surface area contributed by atoms with Crippen LogP contribution in [0, 0.1) is 12.7 Å². The van der Waals surface area contributed by atoms with E-state index in [1.165, 1.54) is 0 Å². The molecule has 1 unspecified atom stereocenters. The molecule has 0 heterocycles. The second-order valence-corrected chi connectivity index (χ2v) is 5.71. The Balaban J connectivity index is 2.54. The minimum absolute atomic E-state index is 0.199. The van der Waals surface area contributed by atoms with Crippen molar-refractivity contribution in [2.45, 2.75) is 26.3 Å². The van der Waals surface area contributed by atoms with Crippen LogP contribution in [0.1, 0.15) is 22.3 Å². The average Bonchev–Trinajstić information content (AvgIpc) is 2.51. The summed E-state index contributed by atoms with van der Waals surface area (Å²) in [5.41, 5.74) is 5.68. The Hall–Kier alpha value is -1.28. The maximum atomic E-state index is 14.4. The van der Waals surface area contributed by atoms with E-state index in [1.807, 2.05) is 31.2 Å². The predicted octanol–water partition coefficient (Wildman–Crippen LogP) is 4.47. The zero-order chi connectivity index (χ0) is 16.1. The molecule has 0 bridgehead atoms. The first-order valence-electron chi connectivity index (χ1n) is 7.19. The van der Waals surface area contributed by atoms with Gasteiger partial charge in [-0.15, -0.1) is 9.24 Å². The first-order valence-corrected chi connectivity index (χ1v) is 8.01. The third-order valence-electron chi connectivity index (χ3n) is 3.80. The predicted molar refractivity (Wildman–Crippen MR) is 91.4 cm³/mol. The summed E-state index contributed by atoms with van der Waals surface area (Å²) in [6.45, 7) is 3.05. The molecule has 118 valence electrons. The zero-order valence-corrected chi connectivity index (χ0v) is 14.4. The van der Waals surface area contributed by atoms with Gasteiger partial charge in [0.2, 0.25) is 0 Å². The molecule has 0 fully saturated rings. The van der Waals surface area contributed by atoms with Crippen LogP contribution in [0.2, 0.25) is 0 Å². The van der Waals surface area contributed by atoms with Gasteiger partial charge in [0.25, 0.3) is 0 Å². The summed E-state index contributed by atoms with van der Waals surface area (Å²) in [7, 11) is 5.94. The van der Waals surface area contributed by atoms with Crippen molar-refractivity contribution in [2.24, 2.45) is 0 Å². The van der Waals surface area contributed by atoms with Crippen molar-refractivity contribution in [2.75, 3.05) is 14.2 Å². The lowest BCUT2D eigenvalue weighted by Crippen LogP contribution is -2.00. The number of benzene rings is 2. The molecular formula is C18H22FO2P. The van der Waals surface area contributed by atoms with Crippen molar-refractivity contribution in [1.82, 2.24) is 0 Å². The van der Waals surface area contributed by atoms with Crippen LogP contribution in [0.3, 0.4) is 0 Å². The van der Waals surface area contributed by atoms with Gasteiger partial charge in [-0.2, -0.15) is 0 Å². The summed E-state index contributed by atoms with van der Waals surface area (Å²) in [5.74, 6) is -0.199. The Labute approximate surface area is 133 Å². The fourth-order valence-corrected chi connectivity index (χ4v) is 2.78. The first kappa shape index (κ1) is 17.1. The largest absolute Gasteiger partial charge is 0.380 e. The van der Waals surface area contributed by atoms with Crippen molar-refractivity contribution in [3.63, 3.8) is 0 Å². The molecule has 2 aromatic carbocycles. The van der Waals surface area contributed by atoms with Crippen LogP contribution < -0.4 is 0 Å². The average molecular weight is 320 g/mol. The van der Waals surface area contributed by atoms with E-state index >= 15 is 0 Å². The van der Waals surface area contributed by atoms with E-state index in [9.17, 15) is 4.39 Å². The monoisotopic (exact) mass is 320 g/mol. The van der Waals surface area contributed by atoms with Gasteiger partial charge in [-0.05, 0) is 59.1 Å². The molecule has 0 amide bonds. The highest BCUT2D eigenvalue weighted by Crippen LogP contribution is 2.29. The minimum atomic E-state index is -0.199. The fraction of sp³-hybridized carbons (Fsp3) is 0.333. The van der Waals surface area contributed by atoms with Gasteiger partial charge in [-0.25, -0.2) is 4.39 Å². The number of ether oxygens (including phenoxy) is 2. The molecule has 0 aliphatic heterocycles. The van der Waals surface area contributed by atoms with Crippen LogP contribution in [-0.2, 0) is 28.8 Å². The van der Waals surface area contributed by atoms with E-state index in [2.05, 4.69) is 9.24 Å². The molecule has 2 nitrogen and oxygen atoms in total. The smallest absolute Gasteiger partial charge is 0.131 e. The molecule has 0 spiro atoms. The maximum Gasteiger partial charge on any atom is 0.131 e. The highest BCUT2D eigenvalue weighted by atomic mass is 31.0. The summed E-state index contributed by atoms with van der Waals surface area (Å²) in [6.07, 6.45) is 0.745. The van der Waals surface area contributed by atoms with Crippen molar-refractivity contribution in [1.29, 1.82) is 0 Å². The van der Waals surface area contributed by atoms with E-state index in [0.717, 1.165) is 34.0 Å². The van der Waals surface area contributed by atoms with Gasteiger partial charge in [-0.3, -0.25) is 0 Å². The van der Waals surface area contributed by atoms with Crippen molar-refractivity contribution < 1.29 is 13.9 Å². The minimum Gasteiger partial charge on any atom is -0.380 e. The van der Waals surface area contributed by atoms with E-state index in [-0.39, 0.29) is 5.82 Å². The van der Waals surface area contributed by atoms with Crippen LogP contribution in [0.15, 0.2) is 30.3 Å². The third kappa shape index (κ3) is 3.73.